The van der Waals surface area contributed by atoms with Crippen LogP contribution in [0.5, 0.6) is 0 Å². The maximum Gasteiger partial charge on any atom is 0.226 e. The molecule has 0 heterocycles. The minimum atomic E-state index is 0. The van der Waals surface area contributed by atoms with Gasteiger partial charge in [0.05, 0.1) is 0 Å². The van der Waals surface area contributed by atoms with E-state index < -0.39 is 0 Å². The summed E-state index contributed by atoms with van der Waals surface area (Å²) in [5.74, 6) is 2.01. The van der Waals surface area contributed by atoms with E-state index in [0.29, 0.717) is 43.3 Å². The maximum absolute atomic E-state index is 12.6. The lowest BCUT2D eigenvalue weighted by atomic mass is 10.1. The smallest absolute Gasteiger partial charge is 0.226 e. The van der Waals surface area contributed by atoms with Crippen LogP contribution >= 0.6 is 12.4 Å². The highest BCUT2D eigenvalue weighted by atomic mass is 35.5. The van der Waals surface area contributed by atoms with Gasteiger partial charge in [0.2, 0.25) is 5.91 Å². The number of hydrogen-bond donors (Lipinski definition) is 1. The number of hydrogen-bond acceptors (Lipinski definition) is 2. The fourth-order valence-electron chi connectivity index (χ4n) is 3.63. The first-order valence-electron chi connectivity index (χ1n) is 7.34. The van der Waals surface area contributed by atoms with Crippen molar-refractivity contribution in [2.75, 3.05) is 13.1 Å². The van der Waals surface area contributed by atoms with E-state index >= 15 is 0 Å². The lowest BCUT2D eigenvalue weighted by Crippen LogP contribution is -2.36. The molecular weight excluding hydrogens is 272 g/mol. The number of rotatable bonds is 5. The molecule has 2 N–H and O–H groups in total. The van der Waals surface area contributed by atoms with E-state index in [4.69, 9.17) is 5.73 Å². The van der Waals surface area contributed by atoms with Crippen molar-refractivity contribution in [2.24, 2.45) is 23.5 Å². The molecule has 2 aliphatic rings. The first-order chi connectivity index (χ1) is 9.31. The molecule has 2 fully saturated rings. The van der Waals surface area contributed by atoms with Gasteiger partial charge in [0.15, 0.2) is 0 Å². The third kappa shape index (κ3) is 2.99. The van der Waals surface area contributed by atoms with E-state index in [2.05, 4.69) is 12.1 Å². The summed E-state index contributed by atoms with van der Waals surface area (Å²) in [5, 5.41) is 0. The summed E-state index contributed by atoms with van der Waals surface area (Å²) in [5.41, 5.74) is 6.85. The molecule has 1 amide bonds. The van der Waals surface area contributed by atoms with Gasteiger partial charge in [-0.3, -0.25) is 4.79 Å². The van der Waals surface area contributed by atoms with E-state index in [9.17, 15) is 4.79 Å². The van der Waals surface area contributed by atoms with Gasteiger partial charge in [0.25, 0.3) is 0 Å². The van der Waals surface area contributed by atoms with Crippen LogP contribution < -0.4 is 5.73 Å². The summed E-state index contributed by atoms with van der Waals surface area (Å²) in [6, 6.07) is 10.2. The molecule has 1 aromatic carbocycles. The second-order valence-electron chi connectivity index (χ2n) is 5.82. The van der Waals surface area contributed by atoms with Crippen molar-refractivity contribution >= 4 is 18.3 Å². The van der Waals surface area contributed by atoms with Crippen LogP contribution in [0, 0.1) is 17.8 Å². The molecule has 2 atom stereocenters. The molecule has 3 rings (SSSR count). The van der Waals surface area contributed by atoms with Crippen molar-refractivity contribution in [1.29, 1.82) is 0 Å². The number of benzene rings is 1. The van der Waals surface area contributed by atoms with Crippen LogP contribution in [0.25, 0.3) is 0 Å². The number of amides is 1. The number of nitrogens with zero attached hydrogens (tertiary/aromatic N) is 1. The van der Waals surface area contributed by atoms with Gasteiger partial charge in [-0.1, -0.05) is 36.8 Å². The topological polar surface area (TPSA) is 46.3 Å². The van der Waals surface area contributed by atoms with Crippen molar-refractivity contribution in [3.8, 4) is 0 Å². The second kappa shape index (κ2) is 6.59. The standard InChI is InChI=1S/C16H22N2O.ClH/c17-9-10-18(11-12-5-2-1-3-6-12)16(19)15-13-7-4-8-14(13)15;/h1-3,5-6,13-15H,4,7-11,17H2;1H. The molecule has 0 saturated heterocycles. The number of carbonyl (C=O) groups excluding carboxylic acids is 1. The molecule has 0 spiro atoms. The Morgan fingerprint density at radius 2 is 1.85 bits per heavy atom. The Labute approximate surface area is 126 Å². The highest BCUT2D eigenvalue weighted by Crippen LogP contribution is 2.58. The van der Waals surface area contributed by atoms with Crippen molar-refractivity contribution < 1.29 is 4.79 Å². The molecule has 0 aliphatic heterocycles. The van der Waals surface area contributed by atoms with E-state index in [0.717, 1.165) is 0 Å². The lowest BCUT2D eigenvalue weighted by molar-refractivity contribution is -0.133. The molecule has 1 aromatic rings. The summed E-state index contributed by atoms with van der Waals surface area (Å²) in [4.78, 5) is 14.5. The second-order valence-corrected chi connectivity index (χ2v) is 5.82. The van der Waals surface area contributed by atoms with Gasteiger partial charge in [-0.15, -0.1) is 12.4 Å². The Balaban J connectivity index is 0.00000147. The van der Waals surface area contributed by atoms with Crippen LogP contribution in [0.3, 0.4) is 0 Å². The van der Waals surface area contributed by atoms with Crippen molar-refractivity contribution in [3.05, 3.63) is 35.9 Å². The van der Waals surface area contributed by atoms with Gasteiger partial charge >= 0.3 is 0 Å². The van der Waals surface area contributed by atoms with Crippen LogP contribution in [0.4, 0.5) is 0 Å². The number of carbonyl (C=O) groups is 1. The number of nitrogens with two attached hydrogens (primary N) is 1. The zero-order valence-electron chi connectivity index (χ0n) is 11.7. The van der Waals surface area contributed by atoms with Gasteiger partial charge < -0.3 is 10.6 Å². The van der Waals surface area contributed by atoms with Crippen molar-refractivity contribution in [3.63, 3.8) is 0 Å². The Hall–Kier alpha value is -1.06. The predicted molar refractivity (Wildman–Crippen MR) is 82.5 cm³/mol. The SMILES string of the molecule is Cl.NCCN(Cc1ccccc1)C(=O)C1C2CCCC21. The largest absolute Gasteiger partial charge is 0.337 e. The summed E-state index contributed by atoms with van der Waals surface area (Å²) in [6.07, 6.45) is 3.82. The van der Waals surface area contributed by atoms with Crippen LogP contribution in [-0.4, -0.2) is 23.9 Å². The van der Waals surface area contributed by atoms with Crippen LogP contribution in [0.15, 0.2) is 30.3 Å². The molecular formula is C16H23ClN2O. The fraction of sp³-hybridized carbons (Fsp3) is 0.562. The Kier molecular flexibility index (Phi) is 5.06. The lowest BCUT2D eigenvalue weighted by Gasteiger charge is -2.23. The van der Waals surface area contributed by atoms with E-state index in [-0.39, 0.29) is 12.4 Å². The molecule has 2 aliphatic carbocycles. The zero-order chi connectivity index (χ0) is 13.2. The first-order valence-corrected chi connectivity index (χ1v) is 7.34. The molecule has 20 heavy (non-hydrogen) atoms. The van der Waals surface area contributed by atoms with Gasteiger partial charge in [-0.05, 0) is 30.2 Å². The van der Waals surface area contributed by atoms with Gasteiger partial charge in [0, 0.05) is 25.6 Å². The first kappa shape index (κ1) is 15.3. The van der Waals surface area contributed by atoms with Crippen LogP contribution in [0.1, 0.15) is 24.8 Å². The number of halogens is 1. The monoisotopic (exact) mass is 294 g/mol. The maximum atomic E-state index is 12.6. The molecule has 110 valence electrons. The van der Waals surface area contributed by atoms with Crippen LogP contribution in [-0.2, 0) is 11.3 Å². The summed E-state index contributed by atoms with van der Waals surface area (Å²) >= 11 is 0. The van der Waals surface area contributed by atoms with E-state index in [1.165, 1.54) is 24.8 Å². The average molecular weight is 295 g/mol. The Morgan fingerprint density at radius 3 is 2.45 bits per heavy atom. The van der Waals surface area contributed by atoms with Gasteiger partial charge in [0.1, 0.15) is 0 Å². The van der Waals surface area contributed by atoms with Crippen molar-refractivity contribution in [1.82, 2.24) is 4.90 Å². The summed E-state index contributed by atoms with van der Waals surface area (Å²) in [6.45, 7) is 1.91. The highest BCUT2D eigenvalue weighted by Gasteiger charge is 2.57. The predicted octanol–water partition coefficient (Wildman–Crippen LogP) is 2.44. The summed E-state index contributed by atoms with van der Waals surface area (Å²) < 4.78 is 0. The highest BCUT2D eigenvalue weighted by molar-refractivity contribution is 5.85. The third-order valence-electron chi connectivity index (χ3n) is 4.62. The third-order valence-corrected chi connectivity index (χ3v) is 4.62. The Morgan fingerprint density at radius 1 is 1.20 bits per heavy atom. The van der Waals surface area contributed by atoms with Crippen molar-refractivity contribution in [2.45, 2.75) is 25.8 Å². The average Bonchev–Trinajstić information content (AvgIpc) is 2.91. The van der Waals surface area contributed by atoms with E-state index in [1.54, 1.807) is 0 Å². The molecule has 0 aromatic heterocycles. The molecule has 2 unspecified atom stereocenters. The molecule has 3 nitrogen and oxygen atoms in total. The minimum Gasteiger partial charge on any atom is -0.337 e. The fourth-order valence-corrected chi connectivity index (χ4v) is 3.63. The summed E-state index contributed by atoms with van der Waals surface area (Å²) in [7, 11) is 0. The molecule has 0 radical (unpaired) electrons. The molecule has 4 heteroatoms. The van der Waals surface area contributed by atoms with Gasteiger partial charge in [-0.25, -0.2) is 0 Å². The minimum absolute atomic E-state index is 0. The quantitative estimate of drug-likeness (QED) is 0.907. The van der Waals surface area contributed by atoms with Crippen LogP contribution in [0.2, 0.25) is 0 Å². The van der Waals surface area contributed by atoms with E-state index in [1.807, 2.05) is 23.1 Å². The van der Waals surface area contributed by atoms with Gasteiger partial charge in [-0.2, -0.15) is 0 Å². The number of fused-ring (bicyclic) bond motifs is 1. The zero-order valence-corrected chi connectivity index (χ0v) is 12.5. The molecule has 2 saturated carbocycles. The molecule has 0 bridgehead atoms. The Bertz CT molecular complexity index is 441. The normalized spacial score (nSPS) is 26.6.